The molecule has 12 nitrogen and oxygen atoms in total. The molecule has 0 radical (unpaired) electrons. The zero-order valence-corrected chi connectivity index (χ0v) is 45.1. The Morgan fingerprint density at radius 1 is 0.549 bits per heavy atom. The van der Waals surface area contributed by atoms with Crippen molar-refractivity contribution in [2.45, 2.75) is 250 Å². The first kappa shape index (κ1) is 66.3. The maximum Gasteiger partial charge on any atom is 0.397 e. The SMILES string of the molecule is CC/C=C\C/C=C\C/C=C\C/C=C\C/C=C\C/C=C\C/C=C\CCCCCCOCC(COC1OC(CO)C(O)C(OS(=O)(=O)O)C1O)OC(=O)CCCCCCCCCCCCCCCCCCCC. The fraction of sp³-hybridized carbons (Fsp3) is 0.741. The van der Waals surface area contributed by atoms with Crippen LogP contribution in [0.15, 0.2) is 85.1 Å². The van der Waals surface area contributed by atoms with E-state index in [1.54, 1.807) is 0 Å². The highest BCUT2D eigenvalue weighted by Crippen LogP contribution is 2.26. The third kappa shape index (κ3) is 41.3. The summed E-state index contributed by atoms with van der Waals surface area (Å²) in [7, 11) is -5.07. The van der Waals surface area contributed by atoms with E-state index in [0.29, 0.717) is 13.0 Å². The molecule has 1 saturated heterocycles. The molecule has 1 fully saturated rings. The predicted molar refractivity (Wildman–Crippen MR) is 289 cm³/mol. The smallest absolute Gasteiger partial charge is 0.397 e. The molecule has 410 valence electrons. The van der Waals surface area contributed by atoms with Crippen molar-refractivity contribution in [3.8, 4) is 0 Å². The number of carbonyl (C=O) groups is 1. The highest BCUT2D eigenvalue weighted by Gasteiger charge is 2.48. The van der Waals surface area contributed by atoms with Gasteiger partial charge >= 0.3 is 16.4 Å². The third-order valence-corrected chi connectivity index (χ3v) is 12.7. The van der Waals surface area contributed by atoms with E-state index < -0.39 is 59.8 Å². The normalized spacial score (nSPS) is 19.7. The van der Waals surface area contributed by atoms with Crippen molar-refractivity contribution in [2.24, 2.45) is 0 Å². The van der Waals surface area contributed by atoms with Crippen molar-refractivity contribution < 1.29 is 56.2 Å². The number of unbranched alkanes of at least 4 members (excludes halogenated alkanes) is 21. The van der Waals surface area contributed by atoms with Gasteiger partial charge in [-0.15, -0.1) is 0 Å². The first-order valence-corrected chi connectivity index (χ1v) is 29.2. The van der Waals surface area contributed by atoms with E-state index >= 15 is 0 Å². The average molecular weight is 1020 g/mol. The molecule has 0 spiro atoms. The quantitative estimate of drug-likeness (QED) is 0.0196. The van der Waals surface area contributed by atoms with Crippen LogP contribution in [0.4, 0.5) is 0 Å². The molecule has 1 aliphatic heterocycles. The Hall–Kier alpha value is -2.72. The van der Waals surface area contributed by atoms with Gasteiger partial charge in [-0.3, -0.25) is 9.35 Å². The minimum absolute atomic E-state index is 0.0159. The second kappa shape index (κ2) is 48.2. The number of esters is 1. The van der Waals surface area contributed by atoms with E-state index in [1.165, 1.54) is 89.9 Å². The van der Waals surface area contributed by atoms with Crippen LogP contribution in [-0.4, -0.2) is 97.5 Å². The number of carbonyl (C=O) groups excluding carboxylic acids is 1. The maximum absolute atomic E-state index is 12.9. The van der Waals surface area contributed by atoms with Gasteiger partial charge in [-0.1, -0.05) is 221 Å². The van der Waals surface area contributed by atoms with Gasteiger partial charge in [-0.05, 0) is 70.6 Å². The van der Waals surface area contributed by atoms with Crippen molar-refractivity contribution in [1.82, 2.24) is 0 Å². The molecular formula is C58H100O12S. The number of hydrogen-bond donors (Lipinski definition) is 4. The van der Waals surface area contributed by atoms with Crippen LogP contribution >= 0.6 is 0 Å². The van der Waals surface area contributed by atoms with Crippen LogP contribution < -0.4 is 0 Å². The van der Waals surface area contributed by atoms with Gasteiger partial charge in [0.05, 0.1) is 19.8 Å². The summed E-state index contributed by atoms with van der Waals surface area (Å²) in [4.78, 5) is 12.9. The summed E-state index contributed by atoms with van der Waals surface area (Å²) >= 11 is 0. The Morgan fingerprint density at radius 2 is 0.972 bits per heavy atom. The molecule has 71 heavy (non-hydrogen) atoms. The Labute approximate surface area is 432 Å². The molecule has 0 amide bonds. The van der Waals surface area contributed by atoms with Crippen LogP contribution in [0.3, 0.4) is 0 Å². The number of rotatable bonds is 48. The summed E-state index contributed by atoms with van der Waals surface area (Å²) in [6.07, 6.45) is 56.1. The molecule has 0 aromatic rings. The van der Waals surface area contributed by atoms with E-state index in [9.17, 15) is 33.1 Å². The summed E-state index contributed by atoms with van der Waals surface area (Å²) in [5, 5.41) is 30.8. The standard InChI is InChI=1S/C58H100O12S/c1-3-5-7-9-11-13-15-17-19-21-23-24-25-26-27-28-29-30-32-34-36-38-40-42-44-46-48-66-50-52(51-67-58-56(62)57(70-71(63,64)65)55(61)53(49-59)69-58)68-54(60)47-45-43-41-39-37-35-33-31-22-20-18-16-14-12-10-8-6-4-2/h5,7,11,13,17,19,23-24,26-27,29-30,34,36,52-53,55-59,61-62H,3-4,6,8-10,12,14-16,18,20-22,25,28,31-33,35,37-51H2,1-2H3,(H,63,64,65)/b7-5-,13-11-,19-17-,24-23-,27-26-,30-29-,36-34-. The number of allylic oxidation sites excluding steroid dienone is 14. The fourth-order valence-corrected chi connectivity index (χ4v) is 8.63. The summed E-state index contributed by atoms with van der Waals surface area (Å²) < 4.78 is 59.3. The van der Waals surface area contributed by atoms with Crippen LogP contribution in [0.1, 0.15) is 213 Å². The lowest BCUT2D eigenvalue weighted by atomic mass is 9.99. The van der Waals surface area contributed by atoms with E-state index in [-0.39, 0.29) is 19.6 Å². The van der Waals surface area contributed by atoms with Crippen LogP contribution in [0, 0.1) is 0 Å². The molecule has 1 heterocycles. The van der Waals surface area contributed by atoms with Gasteiger partial charge in [0.15, 0.2) is 6.29 Å². The lowest BCUT2D eigenvalue weighted by Gasteiger charge is -2.41. The zero-order chi connectivity index (χ0) is 51.7. The maximum atomic E-state index is 12.9. The van der Waals surface area contributed by atoms with Crippen LogP contribution in [0.25, 0.3) is 0 Å². The van der Waals surface area contributed by atoms with Gasteiger partial charge in [0.1, 0.15) is 30.5 Å². The van der Waals surface area contributed by atoms with Gasteiger partial charge in [0, 0.05) is 13.0 Å². The molecule has 6 unspecified atom stereocenters. The Balaban J connectivity index is 2.35. The van der Waals surface area contributed by atoms with Crippen molar-refractivity contribution in [3.05, 3.63) is 85.1 Å². The summed E-state index contributed by atoms with van der Waals surface area (Å²) in [6, 6.07) is 0. The lowest BCUT2D eigenvalue weighted by molar-refractivity contribution is -0.301. The van der Waals surface area contributed by atoms with E-state index in [1.807, 2.05) is 0 Å². The molecule has 0 saturated carbocycles. The van der Waals surface area contributed by atoms with Gasteiger partial charge < -0.3 is 34.3 Å². The molecule has 4 N–H and O–H groups in total. The molecule has 1 rings (SSSR count). The van der Waals surface area contributed by atoms with E-state index in [4.69, 9.17) is 18.9 Å². The monoisotopic (exact) mass is 1020 g/mol. The number of aliphatic hydroxyl groups excluding tert-OH is 3. The number of ether oxygens (including phenoxy) is 4. The summed E-state index contributed by atoms with van der Waals surface area (Å²) in [6.45, 7) is 3.83. The second-order valence-corrected chi connectivity index (χ2v) is 19.8. The van der Waals surface area contributed by atoms with Crippen molar-refractivity contribution in [3.63, 3.8) is 0 Å². The minimum atomic E-state index is -5.07. The average Bonchev–Trinajstić information content (AvgIpc) is 3.35. The van der Waals surface area contributed by atoms with Crippen LogP contribution in [0.5, 0.6) is 0 Å². The highest BCUT2D eigenvalue weighted by atomic mass is 32.3. The molecule has 0 aliphatic carbocycles. The molecule has 0 bridgehead atoms. The topological polar surface area (TPSA) is 178 Å². The summed E-state index contributed by atoms with van der Waals surface area (Å²) in [5.74, 6) is -0.408. The highest BCUT2D eigenvalue weighted by molar-refractivity contribution is 7.80. The Bertz CT molecular complexity index is 1550. The van der Waals surface area contributed by atoms with E-state index in [0.717, 1.165) is 96.3 Å². The molecule has 1 aliphatic rings. The number of aliphatic hydroxyl groups is 3. The Kier molecular flexibility index (Phi) is 45.0. The van der Waals surface area contributed by atoms with Gasteiger partial charge in [-0.25, -0.2) is 4.18 Å². The fourth-order valence-electron chi connectivity index (χ4n) is 8.12. The van der Waals surface area contributed by atoms with E-state index in [2.05, 4.69) is 103 Å². The second-order valence-electron chi connectivity index (χ2n) is 18.8. The minimum Gasteiger partial charge on any atom is -0.457 e. The predicted octanol–water partition coefficient (Wildman–Crippen LogP) is 13.6. The van der Waals surface area contributed by atoms with Crippen molar-refractivity contribution >= 4 is 16.4 Å². The molecule has 13 heteroatoms. The molecular weight excluding hydrogens is 921 g/mol. The number of hydrogen-bond acceptors (Lipinski definition) is 11. The third-order valence-electron chi connectivity index (χ3n) is 12.3. The first-order chi connectivity index (χ1) is 34.6. The van der Waals surface area contributed by atoms with Gasteiger partial charge in [-0.2, -0.15) is 8.42 Å². The lowest BCUT2D eigenvalue weighted by Crippen LogP contribution is -2.60. The largest absolute Gasteiger partial charge is 0.457 e. The zero-order valence-electron chi connectivity index (χ0n) is 44.3. The first-order valence-electron chi connectivity index (χ1n) is 27.8. The molecule has 0 aromatic heterocycles. The van der Waals surface area contributed by atoms with Gasteiger partial charge in [0.25, 0.3) is 0 Å². The molecule has 6 atom stereocenters. The van der Waals surface area contributed by atoms with Crippen LogP contribution in [-0.2, 0) is 38.3 Å². The van der Waals surface area contributed by atoms with Gasteiger partial charge in [0.2, 0.25) is 0 Å². The Morgan fingerprint density at radius 3 is 1.42 bits per heavy atom. The molecule has 0 aromatic carbocycles. The van der Waals surface area contributed by atoms with Crippen molar-refractivity contribution in [1.29, 1.82) is 0 Å². The van der Waals surface area contributed by atoms with Crippen LogP contribution in [0.2, 0.25) is 0 Å². The summed E-state index contributed by atoms with van der Waals surface area (Å²) in [5.41, 5.74) is 0. The van der Waals surface area contributed by atoms with Crippen molar-refractivity contribution in [2.75, 3.05) is 26.4 Å².